The SMILES string of the molecule is CC1CCCCC1OCCNC(=O)c1cc2c([nH]c1=O)CCCC2=O. The lowest BCUT2D eigenvalue weighted by Crippen LogP contribution is -2.35. The summed E-state index contributed by atoms with van der Waals surface area (Å²) in [6.07, 6.45) is 6.86. The fraction of sp³-hybridized carbons (Fsp3) is 0.632. The number of hydrogen-bond acceptors (Lipinski definition) is 4. The lowest BCUT2D eigenvalue weighted by molar-refractivity contribution is -0.00294. The van der Waals surface area contributed by atoms with Crippen LogP contribution in [-0.2, 0) is 11.2 Å². The lowest BCUT2D eigenvalue weighted by atomic mass is 9.88. The van der Waals surface area contributed by atoms with Crippen molar-refractivity contribution in [3.05, 3.63) is 33.2 Å². The number of aryl methyl sites for hydroxylation is 1. The van der Waals surface area contributed by atoms with Gasteiger partial charge in [0.15, 0.2) is 5.78 Å². The van der Waals surface area contributed by atoms with Gasteiger partial charge in [0.2, 0.25) is 0 Å². The molecular weight excluding hydrogens is 320 g/mol. The van der Waals surface area contributed by atoms with Crippen LogP contribution in [0, 0.1) is 5.92 Å². The molecule has 1 aromatic rings. The summed E-state index contributed by atoms with van der Waals surface area (Å²) in [5, 5.41) is 2.72. The van der Waals surface area contributed by atoms with Crippen molar-refractivity contribution < 1.29 is 14.3 Å². The highest BCUT2D eigenvalue weighted by Gasteiger charge is 2.23. The highest BCUT2D eigenvalue weighted by Crippen LogP contribution is 2.26. The van der Waals surface area contributed by atoms with Gasteiger partial charge in [0.1, 0.15) is 5.56 Å². The number of carbonyl (C=O) groups excluding carboxylic acids is 2. The van der Waals surface area contributed by atoms with E-state index >= 15 is 0 Å². The molecule has 2 aliphatic carbocycles. The molecule has 6 heteroatoms. The average Bonchev–Trinajstić information content (AvgIpc) is 2.59. The molecule has 25 heavy (non-hydrogen) atoms. The number of aromatic amines is 1. The maximum Gasteiger partial charge on any atom is 0.261 e. The van der Waals surface area contributed by atoms with E-state index in [2.05, 4.69) is 17.2 Å². The number of H-pyrrole nitrogens is 1. The molecule has 0 aliphatic heterocycles. The number of carbonyl (C=O) groups is 2. The van der Waals surface area contributed by atoms with Crippen LogP contribution in [0.5, 0.6) is 0 Å². The van der Waals surface area contributed by atoms with Crippen LogP contribution in [-0.4, -0.2) is 35.9 Å². The Hall–Kier alpha value is -1.95. The normalized spacial score (nSPS) is 23.2. The van der Waals surface area contributed by atoms with Gasteiger partial charge in [-0.05, 0) is 37.7 Å². The number of nitrogens with one attached hydrogen (secondary N) is 2. The molecule has 0 spiro atoms. The molecule has 1 saturated carbocycles. The molecule has 2 unspecified atom stereocenters. The third-order valence-electron chi connectivity index (χ3n) is 5.25. The quantitative estimate of drug-likeness (QED) is 0.800. The maximum atomic E-state index is 12.3. The van der Waals surface area contributed by atoms with Gasteiger partial charge < -0.3 is 15.0 Å². The third-order valence-corrected chi connectivity index (χ3v) is 5.25. The predicted octanol–water partition coefficient (Wildman–Crippen LogP) is 2.22. The Morgan fingerprint density at radius 1 is 1.24 bits per heavy atom. The first-order chi connectivity index (χ1) is 12.1. The number of amides is 1. The zero-order valence-corrected chi connectivity index (χ0v) is 14.7. The summed E-state index contributed by atoms with van der Waals surface area (Å²) in [7, 11) is 0. The van der Waals surface area contributed by atoms with Gasteiger partial charge in [-0.25, -0.2) is 0 Å². The summed E-state index contributed by atoms with van der Waals surface area (Å²) in [4.78, 5) is 39.0. The van der Waals surface area contributed by atoms with E-state index in [0.29, 0.717) is 43.2 Å². The van der Waals surface area contributed by atoms with Gasteiger partial charge in [0.25, 0.3) is 11.5 Å². The highest BCUT2D eigenvalue weighted by molar-refractivity contribution is 6.01. The van der Waals surface area contributed by atoms with Crippen LogP contribution in [0.3, 0.4) is 0 Å². The van der Waals surface area contributed by atoms with E-state index in [9.17, 15) is 14.4 Å². The molecule has 136 valence electrons. The van der Waals surface area contributed by atoms with Crippen molar-refractivity contribution in [1.82, 2.24) is 10.3 Å². The second-order valence-corrected chi connectivity index (χ2v) is 7.11. The molecule has 3 rings (SSSR count). The van der Waals surface area contributed by atoms with Crippen LogP contribution in [0.4, 0.5) is 0 Å². The molecule has 1 heterocycles. The van der Waals surface area contributed by atoms with Crippen molar-refractivity contribution >= 4 is 11.7 Å². The predicted molar refractivity (Wildman–Crippen MR) is 94.0 cm³/mol. The Morgan fingerprint density at radius 2 is 2.04 bits per heavy atom. The standard InChI is InChI=1S/C19H26N2O4/c1-12-5-2-3-8-17(12)25-10-9-20-18(23)14-11-13-15(21-19(14)24)6-4-7-16(13)22/h11-12,17H,2-10H2,1H3,(H,20,23)(H,21,24). The molecule has 0 saturated heterocycles. The van der Waals surface area contributed by atoms with Crippen LogP contribution in [0.1, 0.15) is 71.9 Å². The van der Waals surface area contributed by atoms with Crippen LogP contribution in [0.25, 0.3) is 0 Å². The first-order valence-corrected chi connectivity index (χ1v) is 9.25. The number of rotatable bonds is 5. The summed E-state index contributed by atoms with van der Waals surface area (Å²) < 4.78 is 5.86. The number of pyridine rings is 1. The van der Waals surface area contributed by atoms with Crippen molar-refractivity contribution in [2.75, 3.05) is 13.2 Å². The van der Waals surface area contributed by atoms with E-state index in [1.54, 1.807) is 0 Å². The van der Waals surface area contributed by atoms with Gasteiger partial charge in [-0.2, -0.15) is 0 Å². The molecule has 2 atom stereocenters. The Kier molecular flexibility index (Phi) is 5.68. The lowest BCUT2D eigenvalue weighted by Gasteiger charge is -2.28. The topological polar surface area (TPSA) is 88.3 Å². The Bertz CT molecular complexity index is 710. The van der Waals surface area contributed by atoms with E-state index in [1.165, 1.54) is 25.3 Å². The van der Waals surface area contributed by atoms with Crippen molar-refractivity contribution in [2.24, 2.45) is 5.92 Å². The zero-order valence-electron chi connectivity index (χ0n) is 14.7. The second-order valence-electron chi connectivity index (χ2n) is 7.11. The van der Waals surface area contributed by atoms with Gasteiger partial charge in [0, 0.05) is 24.2 Å². The first kappa shape index (κ1) is 17.9. The molecule has 6 nitrogen and oxygen atoms in total. The van der Waals surface area contributed by atoms with E-state index in [1.807, 2.05) is 0 Å². The Labute approximate surface area is 147 Å². The number of ketones is 1. The summed E-state index contributed by atoms with van der Waals surface area (Å²) in [6.45, 7) is 2.99. The third kappa shape index (κ3) is 4.18. The fourth-order valence-electron chi connectivity index (χ4n) is 3.74. The average molecular weight is 346 g/mol. The summed E-state index contributed by atoms with van der Waals surface area (Å²) in [5.74, 6) is 0.0860. The van der Waals surface area contributed by atoms with Gasteiger partial charge in [-0.1, -0.05) is 19.8 Å². The first-order valence-electron chi connectivity index (χ1n) is 9.25. The Morgan fingerprint density at radius 3 is 2.84 bits per heavy atom. The van der Waals surface area contributed by atoms with Crippen molar-refractivity contribution in [1.29, 1.82) is 0 Å². The molecule has 0 radical (unpaired) electrons. The highest BCUT2D eigenvalue weighted by atomic mass is 16.5. The summed E-state index contributed by atoms with van der Waals surface area (Å²) in [6, 6.07) is 1.44. The number of ether oxygens (including phenoxy) is 1. The minimum absolute atomic E-state index is 0.0000319. The number of Topliss-reactive ketones (excluding diaryl/α,β-unsaturated/α-hetero) is 1. The molecule has 2 N–H and O–H groups in total. The minimum atomic E-state index is -0.456. The van der Waals surface area contributed by atoms with Crippen LogP contribution in [0.2, 0.25) is 0 Å². The summed E-state index contributed by atoms with van der Waals surface area (Å²) in [5.41, 5.74) is 0.684. The van der Waals surface area contributed by atoms with Gasteiger partial charge >= 0.3 is 0 Å². The molecule has 1 amide bonds. The number of aromatic nitrogens is 1. The van der Waals surface area contributed by atoms with Gasteiger partial charge in [-0.15, -0.1) is 0 Å². The maximum absolute atomic E-state index is 12.3. The van der Waals surface area contributed by atoms with Gasteiger partial charge in [0.05, 0.1) is 12.7 Å². The van der Waals surface area contributed by atoms with Crippen LogP contribution < -0.4 is 10.9 Å². The minimum Gasteiger partial charge on any atom is -0.376 e. The molecular formula is C19H26N2O4. The van der Waals surface area contributed by atoms with E-state index < -0.39 is 11.5 Å². The second kappa shape index (κ2) is 7.95. The molecule has 1 aromatic heterocycles. The molecule has 0 aromatic carbocycles. The molecule has 2 aliphatic rings. The van der Waals surface area contributed by atoms with E-state index in [4.69, 9.17) is 4.74 Å². The van der Waals surface area contributed by atoms with Crippen molar-refractivity contribution in [3.8, 4) is 0 Å². The smallest absolute Gasteiger partial charge is 0.261 e. The van der Waals surface area contributed by atoms with E-state index in [-0.39, 0.29) is 17.5 Å². The monoisotopic (exact) mass is 346 g/mol. The Balaban J connectivity index is 1.55. The largest absolute Gasteiger partial charge is 0.376 e. The van der Waals surface area contributed by atoms with Crippen LogP contribution >= 0.6 is 0 Å². The van der Waals surface area contributed by atoms with Crippen molar-refractivity contribution in [2.45, 2.75) is 58.0 Å². The number of hydrogen-bond donors (Lipinski definition) is 2. The van der Waals surface area contributed by atoms with E-state index in [0.717, 1.165) is 12.8 Å². The molecule has 1 fully saturated rings. The number of fused-ring (bicyclic) bond motifs is 1. The summed E-state index contributed by atoms with van der Waals surface area (Å²) >= 11 is 0. The zero-order chi connectivity index (χ0) is 17.8. The van der Waals surface area contributed by atoms with Crippen LogP contribution in [0.15, 0.2) is 10.9 Å². The fourth-order valence-corrected chi connectivity index (χ4v) is 3.74. The molecule has 0 bridgehead atoms. The van der Waals surface area contributed by atoms with Crippen molar-refractivity contribution in [3.63, 3.8) is 0 Å². The van der Waals surface area contributed by atoms with Gasteiger partial charge in [-0.3, -0.25) is 14.4 Å².